The van der Waals surface area contributed by atoms with Crippen molar-refractivity contribution in [3.63, 3.8) is 0 Å². The molecule has 1 aliphatic carbocycles. The van der Waals surface area contributed by atoms with Crippen LogP contribution in [-0.4, -0.2) is 16.1 Å². The Morgan fingerprint density at radius 2 is 1.94 bits per heavy atom. The van der Waals surface area contributed by atoms with Crippen molar-refractivity contribution in [2.75, 3.05) is 0 Å². The van der Waals surface area contributed by atoms with Crippen molar-refractivity contribution in [2.45, 2.75) is 38.2 Å². The molecule has 0 radical (unpaired) electrons. The molecule has 1 saturated carbocycles. The molecule has 0 saturated heterocycles. The predicted molar refractivity (Wildman–Crippen MR) is 72.8 cm³/mol. The molecule has 0 bridgehead atoms. The summed E-state index contributed by atoms with van der Waals surface area (Å²) >= 11 is 1.67. The van der Waals surface area contributed by atoms with E-state index in [9.17, 15) is 0 Å². The SMILES string of the molecule is c1csc(-c2nccnc2OC2CCCCC2)c1. The van der Waals surface area contributed by atoms with Crippen LogP contribution in [0.25, 0.3) is 10.6 Å². The van der Waals surface area contributed by atoms with E-state index in [4.69, 9.17) is 4.74 Å². The molecule has 2 aromatic heterocycles. The summed E-state index contributed by atoms with van der Waals surface area (Å²) in [5.41, 5.74) is 0.873. The number of hydrogen-bond acceptors (Lipinski definition) is 4. The van der Waals surface area contributed by atoms with E-state index >= 15 is 0 Å². The lowest BCUT2D eigenvalue weighted by Gasteiger charge is -2.22. The number of ether oxygens (including phenoxy) is 1. The zero-order valence-corrected chi connectivity index (χ0v) is 11.0. The van der Waals surface area contributed by atoms with Crippen LogP contribution >= 0.6 is 11.3 Å². The van der Waals surface area contributed by atoms with E-state index in [1.165, 1.54) is 19.3 Å². The van der Waals surface area contributed by atoms with Crippen LogP contribution in [0.2, 0.25) is 0 Å². The van der Waals surface area contributed by atoms with Crippen molar-refractivity contribution in [1.82, 2.24) is 9.97 Å². The van der Waals surface area contributed by atoms with Gasteiger partial charge in [-0.15, -0.1) is 11.3 Å². The summed E-state index contributed by atoms with van der Waals surface area (Å²) in [6, 6.07) is 4.08. The Kier molecular flexibility index (Phi) is 3.55. The largest absolute Gasteiger partial charge is 0.473 e. The maximum atomic E-state index is 6.04. The van der Waals surface area contributed by atoms with Gasteiger partial charge in [0.1, 0.15) is 11.8 Å². The van der Waals surface area contributed by atoms with Crippen LogP contribution in [0.3, 0.4) is 0 Å². The highest BCUT2D eigenvalue weighted by Gasteiger charge is 2.18. The highest BCUT2D eigenvalue weighted by Crippen LogP contribution is 2.31. The molecule has 3 rings (SSSR count). The van der Waals surface area contributed by atoms with Crippen molar-refractivity contribution >= 4 is 11.3 Å². The molecule has 0 spiro atoms. The molecule has 0 amide bonds. The average molecular weight is 260 g/mol. The third-order valence-electron chi connectivity index (χ3n) is 3.25. The molecule has 3 nitrogen and oxygen atoms in total. The summed E-state index contributed by atoms with van der Waals surface area (Å²) in [6.45, 7) is 0. The summed E-state index contributed by atoms with van der Waals surface area (Å²) in [6.07, 6.45) is 9.88. The summed E-state index contributed by atoms with van der Waals surface area (Å²) in [7, 11) is 0. The Bertz CT molecular complexity index is 492. The van der Waals surface area contributed by atoms with Crippen molar-refractivity contribution in [3.8, 4) is 16.5 Å². The third-order valence-corrected chi connectivity index (χ3v) is 4.13. The first kappa shape index (κ1) is 11.7. The molecule has 0 aromatic carbocycles. The molecule has 2 heterocycles. The molecule has 18 heavy (non-hydrogen) atoms. The molecule has 94 valence electrons. The van der Waals surface area contributed by atoms with Gasteiger partial charge in [0, 0.05) is 12.4 Å². The highest BCUT2D eigenvalue weighted by atomic mass is 32.1. The molecular weight excluding hydrogens is 244 g/mol. The molecule has 4 heteroatoms. The standard InChI is InChI=1S/C14H16N2OS/c1-2-5-11(6-3-1)17-14-13(15-8-9-16-14)12-7-4-10-18-12/h4,7-11H,1-3,5-6H2. The van der Waals surface area contributed by atoms with Gasteiger partial charge in [-0.3, -0.25) is 0 Å². The van der Waals surface area contributed by atoms with Crippen molar-refractivity contribution < 1.29 is 4.74 Å². The van der Waals surface area contributed by atoms with Gasteiger partial charge in [-0.2, -0.15) is 0 Å². The average Bonchev–Trinajstić information content (AvgIpc) is 2.94. The fourth-order valence-corrected chi connectivity index (χ4v) is 3.05. The summed E-state index contributed by atoms with van der Waals surface area (Å²) in [4.78, 5) is 9.88. The first-order valence-corrected chi connectivity index (χ1v) is 7.33. The van der Waals surface area contributed by atoms with Gasteiger partial charge in [0.05, 0.1) is 4.88 Å². The zero-order chi connectivity index (χ0) is 12.2. The van der Waals surface area contributed by atoms with Crippen LogP contribution in [0.4, 0.5) is 0 Å². The lowest BCUT2D eigenvalue weighted by Crippen LogP contribution is -2.20. The van der Waals surface area contributed by atoms with E-state index < -0.39 is 0 Å². The molecule has 1 aliphatic rings. The number of hydrogen-bond donors (Lipinski definition) is 0. The van der Waals surface area contributed by atoms with Gasteiger partial charge in [-0.1, -0.05) is 12.5 Å². The monoisotopic (exact) mass is 260 g/mol. The second kappa shape index (κ2) is 5.48. The summed E-state index contributed by atoms with van der Waals surface area (Å²) in [5, 5.41) is 2.05. The Morgan fingerprint density at radius 1 is 1.11 bits per heavy atom. The van der Waals surface area contributed by atoms with Crippen LogP contribution in [-0.2, 0) is 0 Å². The van der Waals surface area contributed by atoms with Crippen LogP contribution in [0.15, 0.2) is 29.9 Å². The van der Waals surface area contributed by atoms with Gasteiger partial charge in [0.15, 0.2) is 0 Å². The molecule has 0 atom stereocenters. The maximum Gasteiger partial charge on any atom is 0.241 e. The Balaban J connectivity index is 1.83. The number of rotatable bonds is 3. The van der Waals surface area contributed by atoms with Gasteiger partial charge in [-0.05, 0) is 37.1 Å². The van der Waals surface area contributed by atoms with Gasteiger partial charge < -0.3 is 4.74 Å². The lowest BCUT2D eigenvalue weighted by molar-refractivity contribution is 0.149. The number of aromatic nitrogens is 2. The molecule has 0 aliphatic heterocycles. The first-order chi connectivity index (χ1) is 8.93. The smallest absolute Gasteiger partial charge is 0.241 e. The van der Waals surface area contributed by atoms with Crippen molar-refractivity contribution in [2.24, 2.45) is 0 Å². The van der Waals surface area contributed by atoms with E-state index in [0.29, 0.717) is 12.0 Å². The third kappa shape index (κ3) is 2.53. The lowest BCUT2D eigenvalue weighted by atomic mass is 9.98. The Morgan fingerprint density at radius 3 is 2.72 bits per heavy atom. The van der Waals surface area contributed by atoms with Crippen LogP contribution < -0.4 is 4.74 Å². The van der Waals surface area contributed by atoms with E-state index in [2.05, 4.69) is 21.4 Å². The van der Waals surface area contributed by atoms with Crippen LogP contribution in [0, 0.1) is 0 Å². The Labute approximate surface area is 111 Å². The molecule has 0 unspecified atom stereocenters. The maximum absolute atomic E-state index is 6.04. The van der Waals surface area contributed by atoms with E-state index in [0.717, 1.165) is 23.4 Å². The number of nitrogens with zero attached hydrogens (tertiary/aromatic N) is 2. The topological polar surface area (TPSA) is 35.0 Å². The van der Waals surface area contributed by atoms with Gasteiger partial charge in [-0.25, -0.2) is 9.97 Å². The van der Waals surface area contributed by atoms with Crippen LogP contribution in [0.5, 0.6) is 5.88 Å². The van der Waals surface area contributed by atoms with Crippen LogP contribution in [0.1, 0.15) is 32.1 Å². The molecule has 0 N–H and O–H groups in total. The van der Waals surface area contributed by atoms with E-state index in [1.807, 2.05) is 6.07 Å². The van der Waals surface area contributed by atoms with Gasteiger partial charge >= 0.3 is 0 Å². The van der Waals surface area contributed by atoms with Crippen molar-refractivity contribution in [3.05, 3.63) is 29.9 Å². The quantitative estimate of drug-likeness (QED) is 0.839. The van der Waals surface area contributed by atoms with Crippen molar-refractivity contribution in [1.29, 1.82) is 0 Å². The zero-order valence-electron chi connectivity index (χ0n) is 10.2. The highest BCUT2D eigenvalue weighted by molar-refractivity contribution is 7.13. The molecule has 1 fully saturated rings. The minimum atomic E-state index is 0.314. The van der Waals surface area contributed by atoms with Gasteiger partial charge in [0.2, 0.25) is 5.88 Å². The minimum absolute atomic E-state index is 0.314. The fourth-order valence-electron chi connectivity index (χ4n) is 2.33. The van der Waals surface area contributed by atoms with Gasteiger partial charge in [0.25, 0.3) is 0 Å². The summed E-state index contributed by atoms with van der Waals surface area (Å²) in [5.74, 6) is 0.687. The second-order valence-electron chi connectivity index (χ2n) is 4.57. The second-order valence-corrected chi connectivity index (χ2v) is 5.51. The number of thiophene rings is 1. The molecule has 2 aromatic rings. The normalized spacial score (nSPS) is 16.7. The predicted octanol–water partition coefficient (Wildman–Crippen LogP) is 3.92. The van der Waals surface area contributed by atoms with E-state index in [-0.39, 0.29) is 0 Å². The van der Waals surface area contributed by atoms with E-state index in [1.54, 1.807) is 23.7 Å². The minimum Gasteiger partial charge on any atom is -0.473 e. The Hall–Kier alpha value is -1.42. The molecular formula is C14H16N2OS. The summed E-state index contributed by atoms with van der Waals surface area (Å²) < 4.78 is 6.04. The fraction of sp³-hybridized carbons (Fsp3) is 0.429. The first-order valence-electron chi connectivity index (χ1n) is 6.45.